The lowest BCUT2D eigenvalue weighted by Gasteiger charge is -2.17. The van der Waals surface area contributed by atoms with E-state index in [4.69, 9.17) is 19.2 Å². The molecule has 8 heteroatoms. The first-order valence-electron chi connectivity index (χ1n) is 12.1. The van der Waals surface area contributed by atoms with Gasteiger partial charge >= 0.3 is 0 Å². The van der Waals surface area contributed by atoms with Gasteiger partial charge in [0.25, 0.3) is 5.56 Å². The number of benzene rings is 3. The van der Waals surface area contributed by atoms with Crippen molar-refractivity contribution in [2.45, 2.75) is 26.7 Å². The van der Waals surface area contributed by atoms with E-state index in [1.54, 1.807) is 38.6 Å². The van der Waals surface area contributed by atoms with E-state index < -0.39 is 0 Å². The van der Waals surface area contributed by atoms with Crippen LogP contribution in [0.5, 0.6) is 17.2 Å². The van der Waals surface area contributed by atoms with Gasteiger partial charge in [-0.15, -0.1) is 0 Å². The zero-order chi connectivity index (χ0) is 27.4. The van der Waals surface area contributed by atoms with Crippen molar-refractivity contribution in [2.24, 2.45) is 5.10 Å². The summed E-state index contributed by atoms with van der Waals surface area (Å²) in [5, 5.41) is 5.12. The molecule has 1 aromatic heterocycles. The van der Waals surface area contributed by atoms with Crippen LogP contribution in [-0.4, -0.2) is 36.7 Å². The third kappa shape index (κ3) is 5.36. The highest BCUT2D eigenvalue weighted by molar-refractivity contribution is 9.10. The van der Waals surface area contributed by atoms with Crippen molar-refractivity contribution < 1.29 is 14.2 Å². The van der Waals surface area contributed by atoms with Gasteiger partial charge in [0.15, 0.2) is 17.3 Å². The number of fused-ring (bicyclic) bond motifs is 1. The lowest BCUT2D eigenvalue weighted by atomic mass is 9.96. The molecule has 0 saturated carbocycles. The number of ether oxygens (including phenoxy) is 3. The molecule has 0 unspecified atom stereocenters. The molecule has 0 aliphatic carbocycles. The average Bonchev–Trinajstić information content (AvgIpc) is 2.91. The van der Waals surface area contributed by atoms with Crippen molar-refractivity contribution in [3.8, 4) is 28.6 Å². The highest BCUT2D eigenvalue weighted by atomic mass is 79.9. The molecule has 4 rings (SSSR count). The number of hydrogen-bond acceptors (Lipinski definition) is 6. The maximum atomic E-state index is 13.8. The SMILES string of the molecule is C=CCOc1c(C=Nn2c(-c3cc(C(C)C)c(OC)cc3C)nc3ccccc3c2=O)cc(Br)cc1OC. The Kier molecular flexibility index (Phi) is 8.32. The Morgan fingerprint density at radius 1 is 1.11 bits per heavy atom. The van der Waals surface area contributed by atoms with Gasteiger partial charge in [-0.25, -0.2) is 4.98 Å². The molecule has 0 bridgehead atoms. The number of rotatable bonds is 9. The number of hydrogen-bond donors (Lipinski definition) is 0. The molecule has 0 saturated heterocycles. The Morgan fingerprint density at radius 2 is 1.84 bits per heavy atom. The zero-order valence-electron chi connectivity index (χ0n) is 22.1. The van der Waals surface area contributed by atoms with Crippen molar-refractivity contribution in [3.05, 3.63) is 92.7 Å². The summed E-state index contributed by atoms with van der Waals surface area (Å²) in [6.07, 6.45) is 3.23. The van der Waals surface area contributed by atoms with Crippen LogP contribution in [0.15, 0.2) is 75.6 Å². The molecule has 0 aliphatic rings. The summed E-state index contributed by atoms with van der Waals surface area (Å²) in [6.45, 7) is 10.2. The van der Waals surface area contributed by atoms with Crippen molar-refractivity contribution in [3.63, 3.8) is 0 Å². The molecule has 38 heavy (non-hydrogen) atoms. The number of nitrogens with zero attached hydrogens (tertiary/aromatic N) is 3. The van der Waals surface area contributed by atoms with Crippen LogP contribution in [0.25, 0.3) is 22.3 Å². The van der Waals surface area contributed by atoms with Crippen LogP contribution in [0.4, 0.5) is 0 Å². The van der Waals surface area contributed by atoms with Crippen LogP contribution >= 0.6 is 15.9 Å². The second-order valence-electron chi connectivity index (χ2n) is 9.00. The maximum absolute atomic E-state index is 13.8. The summed E-state index contributed by atoms with van der Waals surface area (Å²) in [5.41, 5.74) is 3.67. The van der Waals surface area contributed by atoms with Crippen LogP contribution in [0.2, 0.25) is 0 Å². The number of aryl methyl sites for hydroxylation is 1. The zero-order valence-corrected chi connectivity index (χ0v) is 23.7. The Bertz CT molecular complexity index is 1590. The standard InChI is InChI=1S/C30H30BrN3O4/c1-7-12-38-28-20(14-21(31)15-27(28)37-6)17-32-34-29(33-25-11-9-8-10-22(25)30(34)35)24-16-23(18(2)3)26(36-5)13-19(24)4/h7-11,13-18H,1,12H2,2-6H3. The first-order valence-corrected chi connectivity index (χ1v) is 12.9. The maximum Gasteiger partial charge on any atom is 0.282 e. The van der Waals surface area contributed by atoms with Crippen molar-refractivity contribution in [2.75, 3.05) is 20.8 Å². The Labute approximate surface area is 230 Å². The Hall–Kier alpha value is -3.91. The molecule has 0 fully saturated rings. The van der Waals surface area contributed by atoms with Gasteiger partial charge in [0, 0.05) is 15.6 Å². The van der Waals surface area contributed by atoms with Crippen LogP contribution in [0.1, 0.15) is 36.5 Å². The van der Waals surface area contributed by atoms with Crippen LogP contribution in [-0.2, 0) is 0 Å². The third-order valence-electron chi connectivity index (χ3n) is 6.12. The summed E-state index contributed by atoms with van der Waals surface area (Å²) in [6, 6.07) is 14.9. The predicted molar refractivity (Wildman–Crippen MR) is 156 cm³/mol. The van der Waals surface area contributed by atoms with E-state index >= 15 is 0 Å². The average molecular weight is 576 g/mol. The highest BCUT2D eigenvalue weighted by Crippen LogP contribution is 2.35. The molecule has 0 radical (unpaired) electrons. The summed E-state index contributed by atoms with van der Waals surface area (Å²) in [5.74, 6) is 2.45. The largest absolute Gasteiger partial charge is 0.496 e. The first kappa shape index (κ1) is 27.1. The van der Waals surface area contributed by atoms with Crippen LogP contribution in [0.3, 0.4) is 0 Å². The minimum absolute atomic E-state index is 0.201. The second-order valence-corrected chi connectivity index (χ2v) is 9.92. The quantitative estimate of drug-likeness (QED) is 0.163. The highest BCUT2D eigenvalue weighted by Gasteiger charge is 2.19. The number of methoxy groups -OCH3 is 2. The second kappa shape index (κ2) is 11.6. The minimum Gasteiger partial charge on any atom is -0.496 e. The van der Waals surface area contributed by atoms with Gasteiger partial charge in [-0.3, -0.25) is 4.79 Å². The topological polar surface area (TPSA) is 74.9 Å². The molecular formula is C30H30BrN3O4. The van der Waals surface area contributed by atoms with Gasteiger partial charge in [-0.1, -0.05) is 54.6 Å². The van der Waals surface area contributed by atoms with Crippen molar-refractivity contribution in [1.82, 2.24) is 9.66 Å². The van der Waals surface area contributed by atoms with E-state index in [0.717, 1.165) is 26.9 Å². The Balaban J connectivity index is 1.99. The molecular weight excluding hydrogens is 546 g/mol. The monoisotopic (exact) mass is 575 g/mol. The number of aromatic nitrogens is 2. The summed E-state index contributed by atoms with van der Waals surface area (Å²) < 4.78 is 19.1. The van der Waals surface area contributed by atoms with Crippen LogP contribution < -0.4 is 19.8 Å². The van der Waals surface area contributed by atoms with Crippen LogP contribution in [0, 0.1) is 6.92 Å². The van der Waals surface area contributed by atoms with E-state index in [-0.39, 0.29) is 18.1 Å². The van der Waals surface area contributed by atoms with Gasteiger partial charge < -0.3 is 14.2 Å². The van der Waals surface area contributed by atoms with Gasteiger partial charge in [0.1, 0.15) is 12.4 Å². The van der Waals surface area contributed by atoms with E-state index in [1.807, 2.05) is 43.3 Å². The van der Waals surface area contributed by atoms with Gasteiger partial charge in [0.05, 0.1) is 31.3 Å². The molecule has 196 valence electrons. The minimum atomic E-state index is -0.279. The molecule has 1 heterocycles. The molecule has 4 aromatic rings. The lowest BCUT2D eigenvalue weighted by molar-refractivity contribution is 0.326. The molecule has 0 amide bonds. The van der Waals surface area contributed by atoms with Gasteiger partial charge in [-0.05, 0) is 60.4 Å². The summed E-state index contributed by atoms with van der Waals surface area (Å²) in [4.78, 5) is 18.6. The molecule has 0 aliphatic heterocycles. The van der Waals surface area contributed by atoms with E-state index in [1.165, 1.54) is 4.68 Å². The molecule has 7 nitrogen and oxygen atoms in total. The number of halogens is 1. The van der Waals surface area contributed by atoms with E-state index in [0.29, 0.717) is 33.8 Å². The molecule has 3 aromatic carbocycles. The fourth-order valence-electron chi connectivity index (χ4n) is 4.23. The van der Waals surface area contributed by atoms with Crippen molar-refractivity contribution >= 4 is 33.0 Å². The van der Waals surface area contributed by atoms with E-state index in [9.17, 15) is 4.79 Å². The smallest absolute Gasteiger partial charge is 0.282 e. The first-order chi connectivity index (χ1) is 18.3. The lowest BCUT2D eigenvalue weighted by Crippen LogP contribution is -2.21. The predicted octanol–water partition coefficient (Wildman–Crippen LogP) is 6.72. The van der Waals surface area contributed by atoms with Crippen molar-refractivity contribution in [1.29, 1.82) is 0 Å². The molecule has 0 spiro atoms. The fraction of sp³-hybridized carbons (Fsp3) is 0.233. The Morgan fingerprint density at radius 3 is 2.53 bits per heavy atom. The summed E-state index contributed by atoms with van der Waals surface area (Å²) >= 11 is 3.52. The summed E-state index contributed by atoms with van der Waals surface area (Å²) in [7, 11) is 3.23. The fourth-order valence-corrected chi connectivity index (χ4v) is 4.68. The molecule has 0 atom stereocenters. The van der Waals surface area contributed by atoms with Gasteiger partial charge in [-0.2, -0.15) is 9.78 Å². The van der Waals surface area contributed by atoms with Gasteiger partial charge in [0.2, 0.25) is 0 Å². The normalized spacial score (nSPS) is 11.3. The molecule has 0 N–H and O–H groups in total. The third-order valence-corrected chi connectivity index (χ3v) is 6.58. The number of para-hydroxylation sites is 1. The van der Waals surface area contributed by atoms with E-state index in [2.05, 4.69) is 41.5 Å².